The van der Waals surface area contributed by atoms with Crippen molar-refractivity contribution >= 4 is 86.7 Å². The van der Waals surface area contributed by atoms with E-state index in [1.54, 1.807) is 32.9 Å². The molecule has 0 bridgehead atoms. The van der Waals surface area contributed by atoms with Gasteiger partial charge >= 0.3 is 0 Å². The maximum absolute atomic E-state index is 14.4. The topological polar surface area (TPSA) is 410 Å². The molecule has 3 aromatic rings. The van der Waals surface area contributed by atoms with Crippen LogP contribution in [0, 0.1) is 51.7 Å². The number of ether oxygens (including phenoxy) is 2. The number of likely N-dealkylation sites (N-methyl/N-ethyl adjacent to an activating group) is 1. The fourth-order valence-electron chi connectivity index (χ4n) is 16.3. The molecule has 4 radical (unpaired) electrons. The van der Waals surface area contributed by atoms with Crippen molar-refractivity contribution < 1.29 is 84.6 Å². The zero-order valence-electron chi connectivity index (χ0n) is 65.9. The van der Waals surface area contributed by atoms with Gasteiger partial charge in [-0.2, -0.15) is 15.8 Å². The highest BCUT2D eigenvalue weighted by atomic mass is 19.3. The molecule has 0 saturated carbocycles. The predicted octanol–water partition coefficient (Wildman–Crippen LogP) is 1.42. The SMILES string of the molecule is CNCCOCCOCCC(=O)NCc1cccc2c1CN(C(=O)C[C@@H]1C[C@@H](C(=O)N3CC(F)(F)C[C@H]3C#N)NC1=O)C2.[B]CCCNC(=O)c1cccc2c1CN(C(=O)C[C@@H]1C[C@@H](C(=O)N3CC(C)(F)C[C@H]3C#N)NC1=O)C2.[B]NCCNC(=O)CCc1cccc2c1CN(C(=O)C[C@@H]1C[C@@H](C(=O)N3CC(C)(F)C[C@H]3C#N)NC1=O)C2. The van der Waals surface area contributed by atoms with Crippen LogP contribution in [0.25, 0.3) is 0 Å². The van der Waals surface area contributed by atoms with E-state index >= 15 is 0 Å². The number of rotatable bonds is 30. The molecule has 3 aromatic carbocycles. The summed E-state index contributed by atoms with van der Waals surface area (Å²) in [5.41, 5.74) is 4.69. The Labute approximate surface area is 678 Å². The third-order valence-electron chi connectivity index (χ3n) is 22.5. The predicted molar refractivity (Wildman–Crippen MR) is 412 cm³/mol. The number of carbonyl (C=O) groups is 12. The largest absolute Gasteiger partial charge is 0.379 e. The molecule has 8 N–H and O–H groups in total. The smallest absolute Gasteiger partial charge is 0.268 e. The lowest BCUT2D eigenvalue weighted by molar-refractivity contribution is -0.136. The summed E-state index contributed by atoms with van der Waals surface area (Å²) in [6, 6.07) is 16.7. The fraction of sp³-hybridized carbons (Fsp3) is 0.588. The van der Waals surface area contributed by atoms with Gasteiger partial charge in [0.15, 0.2) is 7.98 Å². The molecule has 2 unspecified atom stereocenters. The van der Waals surface area contributed by atoms with Crippen molar-refractivity contribution in [3.8, 4) is 18.2 Å². The number of nitrogens with zero attached hydrogens (tertiary/aromatic N) is 9. The summed E-state index contributed by atoms with van der Waals surface area (Å²) >= 11 is 0. The molecule has 0 aromatic heterocycles. The standard InChI is InChI=1S/C29H38F2N6O6.C26H32BFN6O4.C25H29BFN5O4/c1-33-6-8-43-10-9-42-7-5-25(38)34-15-19-3-2-4-20-16-36(17-23(19)20)26(39)12-21-11-24(35-27(21)40)28(41)37-18-29(30,31)13-22(37)14-32;1-26(28)11-19(12-29)34(15-26)25(38)21-9-18(24(37)32-21)10-23(36)33-13-17-4-2-3-16(20(17)14-33)5-6-22(35)30-7-8-31-27;1-25(27)10-17(11-28)32(14-25)24(36)20-8-16(22(34)30-20)9-21(33)31-12-15-4-2-5-18(19(15)13-31)23(35)29-7-3-6-26/h2-4,21-22,24,33H,5-13,15-18H2,1H3,(H,34,38)(H,35,40);2-4,18-19,21,31H,5-11,13-15H2,1H3,(H,30,35)(H,32,37);2,4-5,16-17,20H,3,6-10,12-14H2,1H3,(H,29,35)(H,30,34)/t21-,22-,24-;18-,19-,21-,26?;16-,17-,20-,25?/m000/s1. The second-order valence-electron chi connectivity index (χ2n) is 31.6. The van der Waals surface area contributed by atoms with Crippen LogP contribution in [0.5, 0.6) is 0 Å². The molecule has 0 spiro atoms. The molecule has 117 heavy (non-hydrogen) atoms. The molecule has 31 nitrogen and oxygen atoms in total. The number of fused-ring (bicyclic) bond motifs is 3. The van der Waals surface area contributed by atoms with Gasteiger partial charge in [-0.15, -0.1) is 0 Å². The highest BCUT2D eigenvalue weighted by Gasteiger charge is 2.53. The summed E-state index contributed by atoms with van der Waals surface area (Å²) < 4.78 is 67.2. The van der Waals surface area contributed by atoms with Crippen LogP contribution in [0.3, 0.4) is 0 Å². The summed E-state index contributed by atoms with van der Waals surface area (Å²) in [7, 11) is 12.5. The number of hydrogen-bond acceptors (Lipinski definition) is 19. The van der Waals surface area contributed by atoms with Crippen molar-refractivity contribution in [1.82, 2.24) is 71.8 Å². The fourth-order valence-corrected chi connectivity index (χ4v) is 16.3. The zero-order chi connectivity index (χ0) is 84.5. The summed E-state index contributed by atoms with van der Waals surface area (Å²) in [5, 5.41) is 49.6. The van der Waals surface area contributed by atoms with E-state index < -0.39 is 114 Å². The first-order valence-corrected chi connectivity index (χ1v) is 39.5. The van der Waals surface area contributed by atoms with E-state index in [-0.39, 0.29) is 125 Å². The number of amides is 12. The van der Waals surface area contributed by atoms with Crippen LogP contribution < -0.4 is 42.4 Å². The summed E-state index contributed by atoms with van der Waals surface area (Å²) in [6.45, 7) is 7.71. The summed E-state index contributed by atoms with van der Waals surface area (Å²) in [4.78, 5) is 161. The molecule has 6 saturated heterocycles. The van der Waals surface area contributed by atoms with Gasteiger partial charge in [-0.3, -0.25) is 57.5 Å². The van der Waals surface area contributed by atoms with Gasteiger partial charge in [-0.25, -0.2) is 17.6 Å². The van der Waals surface area contributed by atoms with E-state index in [1.807, 2.05) is 61.7 Å². The molecule has 12 amide bonds. The minimum atomic E-state index is -3.16. The number of carbonyl (C=O) groups excluding carboxylic acids is 12. The number of nitriles is 3. The third kappa shape index (κ3) is 23.0. The van der Waals surface area contributed by atoms with Gasteiger partial charge in [-0.05, 0) is 104 Å². The van der Waals surface area contributed by atoms with Crippen molar-refractivity contribution in [2.45, 2.75) is 203 Å². The van der Waals surface area contributed by atoms with Gasteiger partial charge in [0.25, 0.3) is 11.8 Å². The maximum atomic E-state index is 14.4. The van der Waals surface area contributed by atoms with E-state index in [4.69, 9.17) is 25.3 Å². The highest BCUT2D eigenvalue weighted by Crippen LogP contribution is 2.38. The van der Waals surface area contributed by atoms with Crippen LogP contribution in [-0.2, 0) is 114 Å². The van der Waals surface area contributed by atoms with E-state index in [0.717, 1.165) is 56.0 Å². The summed E-state index contributed by atoms with van der Waals surface area (Å²) in [6.07, 6.45) is 1.32. The summed E-state index contributed by atoms with van der Waals surface area (Å²) in [5.74, 6) is -9.47. The number of nitrogens with one attached hydrogen (secondary N) is 8. The zero-order valence-corrected chi connectivity index (χ0v) is 65.9. The van der Waals surface area contributed by atoms with Gasteiger partial charge < -0.3 is 81.3 Å². The molecule has 622 valence electrons. The molecule has 11 atom stereocenters. The average Bonchev–Trinajstić information content (AvgIpc) is 1.64. The van der Waals surface area contributed by atoms with Gasteiger partial charge in [0.05, 0.1) is 72.1 Å². The minimum Gasteiger partial charge on any atom is -0.379 e. The number of alkyl halides is 4. The molecular weight excluding hydrogens is 1520 g/mol. The molecule has 0 aliphatic carbocycles. The van der Waals surface area contributed by atoms with Crippen LogP contribution in [0.1, 0.15) is 146 Å². The Morgan fingerprint density at radius 1 is 0.521 bits per heavy atom. The lowest BCUT2D eigenvalue weighted by Gasteiger charge is -2.23. The van der Waals surface area contributed by atoms with E-state index in [0.29, 0.717) is 110 Å². The van der Waals surface area contributed by atoms with Crippen LogP contribution >= 0.6 is 0 Å². The van der Waals surface area contributed by atoms with Crippen molar-refractivity contribution in [3.05, 3.63) is 105 Å². The normalized spacial score (nSPS) is 25.0. The Morgan fingerprint density at radius 2 is 0.957 bits per heavy atom. The van der Waals surface area contributed by atoms with Gasteiger partial charge in [0.2, 0.25) is 65.0 Å². The second kappa shape index (κ2) is 40.1. The minimum absolute atomic E-state index is 0.00519. The van der Waals surface area contributed by atoms with Gasteiger partial charge in [0.1, 0.15) is 47.6 Å². The number of benzene rings is 3. The third-order valence-corrected chi connectivity index (χ3v) is 22.5. The van der Waals surface area contributed by atoms with Gasteiger partial charge in [-0.1, -0.05) is 54.9 Å². The quantitative estimate of drug-likeness (QED) is 0.0266. The maximum Gasteiger partial charge on any atom is 0.268 e. The molecule has 12 rings (SSSR count). The van der Waals surface area contributed by atoms with E-state index in [2.05, 4.69) is 42.4 Å². The van der Waals surface area contributed by atoms with Crippen LogP contribution in [-0.4, -0.2) is 249 Å². The highest BCUT2D eigenvalue weighted by molar-refractivity contribution is 6.08. The number of hydrogen-bond donors (Lipinski definition) is 8. The molecule has 9 aliphatic rings. The lowest BCUT2D eigenvalue weighted by Crippen LogP contribution is -2.46. The Bertz CT molecular complexity index is 4370. The number of likely N-dealkylation sites (tertiary alicyclic amines) is 3. The van der Waals surface area contributed by atoms with Crippen molar-refractivity contribution in [2.24, 2.45) is 17.8 Å². The van der Waals surface area contributed by atoms with Crippen molar-refractivity contribution in [2.75, 3.05) is 79.3 Å². The second-order valence-corrected chi connectivity index (χ2v) is 31.6. The molecular formula is C80H99B2F4N17O14. The van der Waals surface area contributed by atoms with Crippen molar-refractivity contribution in [1.29, 1.82) is 15.8 Å². The first-order valence-electron chi connectivity index (χ1n) is 39.5. The molecule has 9 heterocycles. The average molecular weight is 1620 g/mol. The monoisotopic (exact) mass is 1620 g/mol. The van der Waals surface area contributed by atoms with E-state index in [9.17, 15) is 90.9 Å². The first kappa shape index (κ1) is 88.8. The molecule has 37 heteroatoms. The van der Waals surface area contributed by atoms with Gasteiger partial charge in [0, 0.05) is 147 Å². The number of aryl methyl sites for hydroxylation is 1. The van der Waals surface area contributed by atoms with Crippen LogP contribution in [0.4, 0.5) is 17.6 Å². The van der Waals surface area contributed by atoms with E-state index in [1.165, 1.54) is 23.6 Å². The Kier molecular flexibility index (Phi) is 30.4. The molecule has 6 fully saturated rings. The molecule has 9 aliphatic heterocycles. The first-order chi connectivity index (χ1) is 55.9. The van der Waals surface area contributed by atoms with Crippen molar-refractivity contribution in [3.63, 3.8) is 0 Å². The Hall–Kier alpha value is -10.5. The lowest BCUT2D eigenvalue weighted by atomic mass is 9.99. The Morgan fingerprint density at radius 3 is 1.44 bits per heavy atom. The Balaban J connectivity index is 0.000000186. The van der Waals surface area contributed by atoms with Crippen LogP contribution in [0.15, 0.2) is 54.6 Å². The van der Waals surface area contributed by atoms with Crippen LogP contribution in [0.2, 0.25) is 6.32 Å². The number of halogens is 4.